The third-order valence-electron chi connectivity index (χ3n) is 4.79. The molecular formula is C20H20FN2OS2+. The highest BCUT2D eigenvalue weighted by atomic mass is 32.1. The quantitative estimate of drug-likeness (QED) is 0.707. The van der Waals surface area contributed by atoms with Crippen molar-refractivity contribution in [1.29, 1.82) is 0 Å². The molecule has 26 heavy (non-hydrogen) atoms. The van der Waals surface area contributed by atoms with Crippen LogP contribution in [0.4, 0.5) is 10.1 Å². The number of carbonyl (C=O) groups excluding carboxylic acids is 1. The third-order valence-corrected chi connectivity index (χ3v) is 6.72. The van der Waals surface area contributed by atoms with Crippen LogP contribution in [0.2, 0.25) is 0 Å². The summed E-state index contributed by atoms with van der Waals surface area (Å²) in [6.45, 7) is 3.06. The molecule has 2 N–H and O–H groups in total. The first-order chi connectivity index (χ1) is 12.6. The number of fused-ring (bicyclic) bond motifs is 1. The first-order valence-electron chi connectivity index (χ1n) is 8.62. The van der Waals surface area contributed by atoms with Crippen LogP contribution in [0.3, 0.4) is 0 Å². The molecule has 6 heteroatoms. The summed E-state index contributed by atoms with van der Waals surface area (Å²) in [4.78, 5) is 16.5. The van der Waals surface area contributed by atoms with Crippen molar-refractivity contribution in [2.75, 3.05) is 18.4 Å². The van der Waals surface area contributed by atoms with E-state index in [2.05, 4.69) is 34.3 Å². The average molecular weight is 388 g/mol. The second-order valence-corrected chi connectivity index (χ2v) is 8.59. The smallest absolute Gasteiger partial charge is 0.279 e. The molecule has 3 heterocycles. The number of aryl methyl sites for hydroxylation is 1. The van der Waals surface area contributed by atoms with Crippen molar-refractivity contribution in [3.63, 3.8) is 0 Å². The molecule has 1 amide bonds. The van der Waals surface area contributed by atoms with E-state index in [9.17, 15) is 9.18 Å². The van der Waals surface area contributed by atoms with E-state index in [1.807, 2.05) is 6.92 Å². The Hall–Kier alpha value is -2.02. The lowest BCUT2D eigenvalue weighted by Gasteiger charge is -2.31. The van der Waals surface area contributed by atoms with Gasteiger partial charge >= 0.3 is 0 Å². The predicted molar refractivity (Wildman–Crippen MR) is 105 cm³/mol. The zero-order chi connectivity index (χ0) is 18.1. The molecule has 0 saturated carbocycles. The van der Waals surface area contributed by atoms with E-state index in [1.165, 1.54) is 26.3 Å². The van der Waals surface area contributed by atoms with Crippen LogP contribution in [0.15, 0.2) is 47.2 Å². The van der Waals surface area contributed by atoms with Gasteiger partial charge in [-0.25, -0.2) is 4.39 Å². The Morgan fingerprint density at radius 3 is 2.92 bits per heavy atom. The summed E-state index contributed by atoms with van der Waals surface area (Å²) in [6, 6.07) is 11.4. The van der Waals surface area contributed by atoms with E-state index in [-0.39, 0.29) is 23.5 Å². The topological polar surface area (TPSA) is 33.5 Å². The standard InChI is InChI=1S/C20H19FN2OS2/c1-13-4-5-16(15(21)11-13)22-19(24)12-23-8-6-17-14(7-10-26-17)20(23)18-3-2-9-25-18/h2-5,7,9-11,20H,6,8,12H2,1H3,(H,22,24)/p+1/t20-/m1/s1. The van der Waals surface area contributed by atoms with E-state index in [0.29, 0.717) is 6.54 Å². The van der Waals surface area contributed by atoms with Crippen LogP contribution >= 0.6 is 22.7 Å². The Balaban J connectivity index is 1.54. The lowest BCUT2D eigenvalue weighted by atomic mass is 9.98. The Bertz CT molecular complexity index is 920. The fourth-order valence-electron chi connectivity index (χ4n) is 3.57. The van der Waals surface area contributed by atoms with Gasteiger partial charge in [-0.05, 0) is 47.5 Å². The normalized spacial score (nSPS) is 19.2. The Morgan fingerprint density at radius 2 is 2.15 bits per heavy atom. The van der Waals surface area contributed by atoms with Gasteiger partial charge in [-0.1, -0.05) is 12.1 Å². The number of halogens is 1. The van der Waals surface area contributed by atoms with Crippen molar-refractivity contribution in [2.45, 2.75) is 19.4 Å². The van der Waals surface area contributed by atoms with Crippen LogP contribution < -0.4 is 10.2 Å². The first-order valence-corrected chi connectivity index (χ1v) is 10.4. The van der Waals surface area contributed by atoms with Crippen molar-refractivity contribution < 1.29 is 14.1 Å². The number of hydrogen-bond donors (Lipinski definition) is 2. The minimum atomic E-state index is -0.387. The molecular weight excluding hydrogens is 367 g/mol. The molecule has 2 atom stereocenters. The molecule has 0 spiro atoms. The Labute approximate surface area is 160 Å². The fourth-order valence-corrected chi connectivity index (χ4v) is 5.39. The number of thiophene rings is 2. The summed E-state index contributed by atoms with van der Waals surface area (Å²) in [5.74, 6) is -0.537. The molecule has 1 aliphatic heterocycles. The largest absolute Gasteiger partial charge is 0.319 e. The summed E-state index contributed by atoms with van der Waals surface area (Å²) in [5, 5.41) is 6.95. The number of benzene rings is 1. The monoisotopic (exact) mass is 387 g/mol. The molecule has 0 saturated heterocycles. The molecule has 3 nitrogen and oxygen atoms in total. The number of amides is 1. The van der Waals surface area contributed by atoms with Gasteiger partial charge in [0.05, 0.1) is 17.1 Å². The number of quaternary nitrogens is 1. The van der Waals surface area contributed by atoms with Gasteiger partial charge in [-0.2, -0.15) is 0 Å². The van der Waals surface area contributed by atoms with Crippen molar-refractivity contribution >= 4 is 34.3 Å². The van der Waals surface area contributed by atoms with Crippen molar-refractivity contribution in [3.05, 3.63) is 73.9 Å². The van der Waals surface area contributed by atoms with Crippen molar-refractivity contribution in [3.8, 4) is 0 Å². The zero-order valence-corrected chi connectivity index (χ0v) is 16.1. The fraction of sp³-hybridized carbons (Fsp3) is 0.250. The van der Waals surface area contributed by atoms with Crippen LogP contribution in [-0.4, -0.2) is 19.0 Å². The number of anilines is 1. The van der Waals surface area contributed by atoms with Gasteiger partial charge in [0.2, 0.25) is 0 Å². The first kappa shape index (κ1) is 17.4. The van der Waals surface area contributed by atoms with Gasteiger partial charge in [0, 0.05) is 16.9 Å². The van der Waals surface area contributed by atoms with Crippen LogP contribution in [0.1, 0.15) is 26.9 Å². The molecule has 4 rings (SSSR count). The van der Waals surface area contributed by atoms with Gasteiger partial charge < -0.3 is 10.2 Å². The molecule has 1 aliphatic rings. The molecule has 1 unspecified atom stereocenters. The van der Waals surface area contributed by atoms with Gasteiger partial charge in [-0.3, -0.25) is 4.79 Å². The van der Waals surface area contributed by atoms with E-state index in [1.54, 1.807) is 34.8 Å². The highest BCUT2D eigenvalue weighted by Crippen LogP contribution is 2.31. The summed E-state index contributed by atoms with van der Waals surface area (Å²) in [7, 11) is 0. The SMILES string of the molecule is Cc1ccc(NC(=O)C[NH+]2CCc3sccc3[C@@H]2c2cccs2)c(F)c1. The van der Waals surface area contributed by atoms with E-state index in [0.717, 1.165) is 18.5 Å². The number of carbonyl (C=O) groups is 1. The predicted octanol–water partition coefficient (Wildman–Crippen LogP) is 3.43. The van der Waals surface area contributed by atoms with Crippen LogP contribution in [-0.2, 0) is 11.2 Å². The van der Waals surface area contributed by atoms with Gasteiger partial charge in [-0.15, -0.1) is 22.7 Å². The molecule has 2 aromatic heterocycles. The third kappa shape index (κ3) is 3.45. The lowest BCUT2D eigenvalue weighted by molar-refractivity contribution is -0.919. The molecule has 3 aromatic rings. The van der Waals surface area contributed by atoms with Gasteiger partial charge in [0.25, 0.3) is 5.91 Å². The second-order valence-electron chi connectivity index (χ2n) is 6.61. The lowest BCUT2D eigenvalue weighted by Crippen LogP contribution is -3.14. The molecule has 0 fully saturated rings. The molecule has 1 aromatic carbocycles. The molecule has 0 radical (unpaired) electrons. The summed E-state index contributed by atoms with van der Waals surface area (Å²) in [5.41, 5.74) is 2.42. The van der Waals surface area contributed by atoms with Crippen molar-refractivity contribution in [1.82, 2.24) is 0 Å². The zero-order valence-electron chi connectivity index (χ0n) is 14.4. The minimum absolute atomic E-state index is 0.150. The average Bonchev–Trinajstić information content (AvgIpc) is 3.28. The van der Waals surface area contributed by atoms with Crippen LogP contribution in [0, 0.1) is 12.7 Å². The van der Waals surface area contributed by atoms with Crippen LogP contribution in [0.5, 0.6) is 0 Å². The number of nitrogens with one attached hydrogen (secondary N) is 2. The minimum Gasteiger partial charge on any atom is -0.319 e. The van der Waals surface area contributed by atoms with Gasteiger partial charge in [0.15, 0.2) is 6.54 Å². The number of rotatable bonds is 4. The summed E-state index contributed by atoms with van der Waals surface area (Å²) in [6.07, 6.45) is 0.983. The van der Waals surface area contributed by atoms with E-state index in [4.69, 9.17) is 0 Å². The molecule has 0 bridgehead atoms. The molecule has 0 aliphatic carbocycles. The summed E-state index contributed by atoms with van der Waals surface area (Å²) < 4.78 is 14.0. The highest BCUT2D eigenvalue weighted by Gasteiger charge is 2.35. The summed E-state index contributed by atoms with van der Waals surface area (Å²) >= 11 is 3.52. The van der Waals surface area contributed by atoms with Gasteiger partial charge in [0.1, 0.15) is 11.9 Å². The Kier molecular flexibility index (Phi) is 4.89. The molecule has 134 valence electrons. The maximum atomic E-state index is 14.0. The highest BCUT2D eigenvalue weighted by molar-refractivity contribution is 7.10. The maximum Gasteiger partial charge on any atom is 0.279 e. The van der Waals surface area contributed by atoms with E-state index >= 15 is 0 Å². The van der Waals surface area contributed by atoms with Crippen LogP contribution in [0.25, 0.3) is 0 Å². The number of hydrogen-bond acceptors (Lipinski definition) is 3. The maximum absolute atomic E-state index is 14.0. The second kappa shape index (κ2) is 7.31. The van der Waals surface area contributed by atoms with E-state index < -0.39 is 0 Å². The van der Waals surface area contributed by atoms with Crippen molar-refractivity contribution in [2.24, 2.45) is 0 Å². The Morgan fingerprint density at radius 1 is 1.27 bits per heavy atom.